The number of alkyl halides is 3. The summed E-state index contributed by atoms with van der Waals surface area (Å²) in [6.07, 6.45) is -4.48. The quantitative estimate of drug-likeness (QED) is 0.820. The fraction of sp³-hybridized carbons (Fsp3) is 0.400. The van der Waals surface area contributed by atoms with E-state index in [4.69, 9.17) is 5.73 Å². The van der Waals surface area contributed by atoms with Crippen molar-refractivity contribution in [3.63, 3.8) is 0 Å². The minimum Gasteiger partial charge on any atom is -0.481 e. The molecule has 0 aliphatic heterocycles. The highest BCUT2D eigenvalue weighted by atomic mass is 19.4. The Morgan fingerprint density at radius 3 is 2.44 bits per heavy atom. The van der Waals surface area contributed by atoms with Crippen molar-refractivity contribution in [1.29, 1.82) is 0 Å². The normalized spacial score (nSPS) is 13.6. The molecule has 0 aliphatic rings. The minimum absolute atomic E-state index is 0.383. The Morgan fingerprint density at radius 2 is 2.00 bits per heavy atom. The molecule has 0 heterocycles. The van der Waals surface area contributed by atoms with Gasteiger partial charge in [-0.1, -0.05) is 6.07 Å². The van der Waals surface area contributed by atoms with Gasteiger partial charge in [-0.3, -0.25) is 0 Å². The molecule has 0 fully saturated rings. The predicted molar refractivity (Wildman–Crippen MR) is 50.6 cm³/mol. The Kier molecular flexibility index (Phi) is 3.74. The third-order valence-electron chi connectivity index (χ3n) is 1.87. The van der Waals surface area contributed by atoms with Crippen LogP contribution in [-0.2, 0) is 0 Å². The Labute approximate surface area is 90.0 Å². The van der Waals surface area contributed by atoms with Crippen LogP contribution in [0.1, 0.15) is 18.5 Å². The summed E-state index contributed by atoms with van der Waals surface area (Å²) in [5, 5.41) is 0. The van der Waals surface area contributed by atoms with E-state index >= 15 is 0 Å². The second-order valence-corrected chi connectivity index (χ2v) is 3.38. The first-order valence-corrected chi connectivity index (χ1v) is 4.54. The van der Waals surface area contributed by atoms with Crippen molar-refractivity contribution in [3.05, 3.63) is 29.6 Å². The molecule has 1 rings (SSSR count). The molecule has 0 radical (unpaired) electrons. The number of nitrogens with two attached hydrogens (primary N) is 1. The van der Waals surface area contributed by atoms with Gasteiger partial charge < -0.3 is 10.5 Å². The van der Waals surface area contributed by atoms with Crippen molar-refractivity contribution in [2.75, 3.05) is 6.61 Å². The zero-order valence-electron chi connectivity index (χ0n) is 8.51. The molecule has 0 saturated carbocycles. The fourth-order valence-electron chi connectivity index (χ4n) is 1.08. The van der Waals surface area contributed by atoms with E-state index in [1.54, 1.807) is 6.92 Å². The SMILES string of the molecule is C[C@H](N)c1ccc(OCC(F)(F)F)c(F)c1. The third kappa shape index (κ3) is 3.69. The summed E-state index contributed by atoms with van der Waals surface area (Å²) in [7, 11) is 0. The van der Waals surface area contributed by atoms with E-state index in [0.717, 1.165) is 12.1 Å². The summed E-state index contributed by atoms with van der Waals surface area (Å²) >= 11 is 0. The second-order valence-electron chi connectivity index (χ2n) is 3.38. The largest absolute Gasteiger partial charge is 0.481 e. The number of hydrogen-bond donors (Lipinski definition) is 1. The summed E-state index contributed by atoms with van der Waals surface area (Å²) in [6.45, 7) is 0.131. The van der Waals surface area contributed by atoms with Crippen molar-refractivity contribution in [3.8, 4) is 5.75 Å². The van der Waals surface area contributed by atoms with E-state index in [-0.39, 0.29) is 6.04 Å². The fourth-order valence-corrected chi connectivity index (χ4v) is 1.08. The highest BCUT2D eigenvalue weighted by Crippen LogP contribution is 2.23. The molecule has 0 aliphatic carbocycles. The summed E-state index contributed by atoms with van der Waals surface area (Å²) in [5.41, 5.74) is 5.99. The van der Waals surface area contributed by atoms with Crippen LogP contribution in [0.4, 0.5) is 17.6 Å². The lowest BCUT2D eigenvalue weighted by molar-refractivity contribution is -0.153. The molecule has 2 nitrogen and oxygen atoms in total. The van der Waals surface area contributed by atoms with Crippen LogP contribution < -0.4 is 10.5 Å². The molecule has 16 heavy (non-hydrogen) atoms. The molecule has 2 N–H and O–H groups in total. The molecular weight excluding hydrogens is 226 g/mol. The van der Waals surface area contributed by atoms with Crippen LogP contribution in [0.3, 0.4) is 0 Å². The van der Waals surface area contributed by atoms with Gasteiger partial charge in [0, 0.05) is 6.04 Å². The summed E-state index contributed by atoms with van der Waals surface area (Å²) in [5.74, 6) is -1.28. The Hall–Kier alpha value is -1.30. The van der Waals surface area contributed by atoms with Crippen LogP contribution in [0.25, 0.3) is 0 Å². The molecule has 1 atom stereocenters. The van der Waals surface area contributed by atoms with Crippen LogP contribution >= 0.6 is 0 Å². The number of benzene rings is 1. The molecule has 1 aromatic carbocycles. The summed E-state index contributed by atoms with van der Waals surface area (Å²) in [6, 6.07) is 3.25. The average Bonchev–Trinajstić information content (AvgIpc) is 2.14. The lowest BCUT2D eigenvalue weighted by Crippen LogP contribution is -2.19. The lowest BCUT2D eigenvalue weighted by Gasteiger charge is -2.11. The monoisotopic (exact) mass is 237 g/mol. The first-order valence-electron chi connectivity index (χ1n) is 4.54. The number of hydrogen-bond acceptors (Lipinski definition) is 2. The maximum atomic E-state index is 13.2. The van der Waals surface area contributed by atoms with Gasteiger partial charge >= 0.3 is 6.18 Å². The van der Waals surface area contributed by atoms with E-state index in [2.05, 4.69) is 4.74 Å². The van der Waals surface area contributed by atoms with Crippen LogP contribution in [0.2, 0.25) is 0 Å². The topological polar surface area (TPSA) is 35.2 Å². The third-order valence-corrected chi connectivity index (χ3v) is 1.87. The second kappa shape index (κ2) is 4.69. The Balaban J connectivity index is 2.76. The lowest BCUT2D eigenvalue weighted by atomic mass is 10.1. The Bertz CT molecular complexity index is 362. The molecule has 90 valence electrons. The Morgan fingerprint density at radius 1 is 1.38 bits per heavy atom. The van der Waals surface area contributed by atoms with Crippen LogP contribution in [0, 0.1) is 5.82 Å². The van der Waals surface area contributed by atoms with Crippen LogP contribution in [0.15, 0.2) is 18.2 Å². The van der Waals surface area contributed by atoms with Gasteiger partial charge in [0.15, 0.2) is 18.2 Å². The van der Waals surface area contributed by atoms with E-state index in [0.29, 0.717) is 5.56 Å². The number of halogens is 4. The van der Waals surface area contributed by atoms with E-state index in [9.17, 15) is 17.6 Å². The van der Waals surface area contributed by atoms with Gasteiger partial charge in [0.25, 0.3) is 0 Å². The highest BCUT2D eigenvalue weighted by molar-refractivity contribution is 5.30. The number of rotatable bonds is 3. The first-order chi connectivity index (χ1) is 7.29. The van der Waals surface area contributed by atoms with E-state index in [1.807, 2.05) is 0 Å². The molecule has 0 spiro atoms. The van der Waals surface area contributed by atoms with Crippen molar-refractivity contribution in [2.24, 2.45) is 5.73 Å². The van der Waals surface area contributed by atoms with Gasteiger partial charge in [0.1, 0.15) is 0 Å². The maximum Gasteiger partial charge on any atom is 0.422 e. The van der Waals surface area contributed by atoms with E-state index < -0.39 is 24.3 Å². The molecule has 0 aromatic heterocycles. The molecule has 0 bridgehead atoms. The van der Waals surface area contributed by atoms with Crippen molar-refractivity contribution in [2.45, 2.75) is 19.1 Å². The van der Waals surface area contributed by atoms with Gasteiger partial charge in [-0.2, -0.15) is 13.2 Å². The van der Waals surface area contributed by atoms with Crippen LogP contribution in [-0.4, -0.2) is 12.8 Å². The average molecular weight is 237 g/mol. The van der Waals surface area contributed by atoms with Gasteiger partial charge in [-0.15, -0.1) is 0 Å². The summed E-state index contributed by atoms with van der Waals surface area (Å²) in [4.78, 5) is 0. The minimum atomic E-state index is -4.48. The standard InChI is InChI=1S/C10H11F4NO/c1-6(15)7-2-3-9(8(11)4-7)16-5-10(12,13)14/h2-4,6H,5,15H2,1H3/t6-/m0/s1. The smallest absolute Gasteiger partial charge is 0.422 e. The predicted octanol–water partition coefficient (Wildman–Crippen LogP) is 2.79. The van der Waals surface area contributed by atoms with Gasteiger partial charge in [0.05, 0.1) is 0 Å². The molecule has 0 unspecified atom stereocenters. The zero-order chi connectivity index (χ0) is 12.3. The maximum absolute atomic E-state index is 13.2. The molecule has 0 amide bonds. The molecule has 0 saturated heterocycles. The van der Waals surface area contributed by atoms with Gasteiger partial charge in [-0.05, 0) is 24.6 Å². The van der Waals surface area contributed by atoms with Crippen molar-refractivity contribution in [1.82, 2.24) is 0 Å². The highest BCUT2D eigenvalue weighted by Gasteiger charge is 2.28. The van der Waals surface area contributed by atoms with Gasteiger partial charge in [0.2, 0.25) is 0 Å². The van der Waals surface area contributed by atoms with Crippen molar-refractivity contribution >= 4 is 0 Å². The van der Waals surface area contributed by atoms with Gasteiger partial charge in [-0.25, -0.2) is 4.39 Å². The van der Waals surface area contributed by atoms with Crippen LogP contribution in [0.5, 0.6) is 5.75 Å². The van der Waals surface area contributed by atoms with Crippen molar-refractivity contribution < 1.29 is 22.3 Å². The molecule has 6 heteroatoms. The first kappa shape index (κ1) is 12.8. The zero-order valence-corrected chi connectivity index (χ0v) is 8.51. The molecule has 1 aromatic rings. The summed E-state index contributed by atoms with van der Waals surface area (Å²) < 4.78 is 53.0. The number of ether oxygens (including phenoxy) is 1. The van der Waals surface area contributed by atoms with E-state index in [1.165, 1.54) is 6.07 Å². The molecular formula is C10H11F4NO.